The van der Waals surface area contributed by atoms with E-state index in [2.05, 4.69) is 10.4 Å². The number of non-ortho nitro benzene ring substituents is 1. The van der Waals surface area contributed by atoms with Crippen molar-refractivity contribution in [2.75, 3.05) is 5.32 Å². The molecule has 2 heterocycles. The van der Waals surface area contributed by atoms with Gasteiger partial charge < -0.3 is 14.8 Å². The molecule has 1 fully saturated rings. The second-order valence-corrected chi connectivity index (χ2v) is 7.36. The lowest BCUT2D eigenvalue weighted by molar-refractivity contribution is -0.384. The van der Waals surface area contributed by atoms with E-state index in [1.165, 1.54) is 16.8 Å². The minimum absolute atomic E-state index is 0.0469. The van der Waals surface area contributed by atoms with E-state index in [-0.39, 0.29) is 11.4 Å². The molecule has 9 nitrogen and oxygen atoms in total. The topological polar surface area (TPSA) is 109 Å². The molecule has 5 rings (SSSR count). The maximum Gasteiger partial charge on any atom is 0.276 e. The molecule has 1 spiro atoms. The lowest BCUT2D eigenvalue weighted by Gasteiger charge is -2.21. The van der Waals surface area contributed by atoms with Crippen molar-refractivity contribution < 1.29 is 19.2 Å². The van der Waals surface area contributed by atoms with Gasteiger partial charge in [0.25, 0.3) is 17.4 Å². The summed E-state index contributed by atoms with van der Waals surface area (Å²) in [4.78, 5) is 23.1. The summed E-state index contributed by atoms with van der Waals surface area (Å²) in [7, 11) is 0. The molecule has 30 heavy (non-hydrogen) atoms. The highest BCUT2D eigenvalue weighted by atomic mass is 16.7. The first-order chi connectivity index (χ1) is 14.5. The zero-order valence-electron chi connectivity index (χ0n) is 15.9. The molecule has 3 aromatic rings. The van der Waals surface area contributed by atoms with Crippen LogP contribution in [-0.2, 0) is 0 Å². The van der Waals surface area contributed by atoms with Gasteiger partial charge in [-0.25, -0.2) is 4.68 Å². The molecule has 2 aromatic carbocycles. The third kappa shape index (κ3) is 3.24. The molecule has 1 N–H and O–H groups in total. The van der Waals surface area contributed by atoms with E-state index in [0.29, 0.717) is 22.9 Å². The van der Waals surface area contributed by atoms with Crippen molar-refractivity contribution in [1.82, 2.24) is 9.78 Å². The van der Waals surface area contributed by atoms with Crippen LogP contribution in [-0.4, -0.2) is 26.4 Å². The van der Waals surface area contributed by atoms with Gasteiger partial charge in [-0.2, -0.15) is 5.10 Å². The fraction of sp³-hybridized carbons (Fsp3) is 0.238. The number of rotatable bonds is 4. The second kappa shape index (κ2) is 6.87. The van der Waals surface area contributed by atoms with E-state index in [0.717, 1.165) is 25.7 Å². The average molecular weight is 406 g/mol. The molecule has 1 aliphatic heterocycles. The Morgan fingerprint density at radius 2 is 1.90 bits per heavy atom. The largest absolute Gasteiger partial charge is 0.448 e. The Kier molecular flexibility index (Phi) is 4.16. The number of carbonyl (C=O) groups excluding carboxylic acids is 1. The molecule has 0 atom stereocenters. The summed E-state index contributed by atoms with van der Waals surface area (Å²) in [6.45, 7) is 0. The quantitative estimate of drug-likeness (QED) is 0.517. The maximum absolute atomic E-state index is 12.6. The average Bonchev–Trinajstić information content (AvgIpc) is 3.47. The maximum atomic E-state index is 12.6. The van der Waals surface area contributed by atoms with Crippen LogP contribution in [0.4, 0.5) is 11.4 Å². The summed E-state index contributed by atoms with van der Waals surface area (Å²) in [5, 5.41) is 18.0. The summed E-state index contributed by atoms with van der Waals surface area (Å²) < 4.78 is 13.4. The van der Waals surface area contributed by atoms with Crippen molar-refractivity contribution in [3.05, 3.63) is 70.5 Å². The predicted molar refractivity (Wildman–Crippen MR) is 107 cm³/mol. The lowest BCUT2D eigenvalue weighted by atomic mass is 10.2. The number of hydrogen-bond acceptors (Lipinski definition) is 6. The molecule has 0 radical (unpaired) electrons. The molecule has 152 valence electrons. The van der Waals surface area contributed by atoms with Gasteiger partial charge >= 0.3 is 0 Å². The van der Waals surface area contributed by atoms with Crippen molar-refractivity contribution in [1.29, 1.82) is 0 Å². The molecule has 0 unspecified atom stereocenters. The number of nitro benzene ring substituents is 1. The highest BCUT2D eigenvalue weighted by molar-refractivity contribution is 6.03. The van der Waals surface area contributed by atoms with Crippen molar-refractivity contribution in [3.8, 4) is 17.2 Å². The summed E-state index contributed by atoms with van der Waals surface area (Å²) in [6, 6.07) is 12.9. The molecule has 0 saturated heterocycles. The van der Waals surface area contributed by atoms with Gasteiger partial charge in [-0.05, 0) is 37.1 Å². The monoisotopic (exact) mass is 406 g/mol. The van der Waals surface area contributed by atoms with Crippen molar-refractivity contribution in [2.45, 2.75) is 31.5 Å². The summed E-state index contributed by atoms with van der Waals surface area (Å²) >= 11 is 0. The van der Waals surface area contributed by atoms with Crippen LogP contribution in [0, 0.1) is 10.1 Å². The van der Waals surface area contributed by atoms with Crippen molar-refractivity contribution >= 4 is 17.3 Å². The predicted octanol–water partition coefficient (Wildman–Crippen LogP) is 4.07. The van der Waals surface area contributed by atoms with Gasteiger partial charge in [0.05, 0.1) is 10.6 Å². The number of benzene rings is 2. The van der Waals surface area contributed by atoms with Gasteiger partial charge in [0.15, 0.2) is 17.2 Å². The first kappa shape index (κ1) is 18.2. The minimum atomic E-state index is -0.554. The summed E-state index contributed by atoms with van der Waals surface area (Å²) in [6.07, 6.45) is 5.45. The van der Waals surface area contributed by atoms with Crippen LogP contribution in [0.3, 0.4) is 0 Å². The number of aromatic nitrogens is 2. The molecule has 1 aromatic heterocycles. The first-order valence-electron chi connectivity index (χ1n) is 9.65. The van der Waals surface area contributed by atoms with Gasteiger partial charge in [0.1, 0.15) is 0 Å². The second-order valence-electron chi connectivity index (χ2n) is 7.36. The number of fused-ring (bicyclic) bond motifs is 1. The van der Waals surface area contributed by atoms with E-state index < -0.39 is 16.6 Å². The Morgan fingerprint density at radius 1 is 1.10 bits per heavy atom. The number of hydrogen-bond donors (Lipinski definition) is 1. The van der Waals surface area contributed by atoms with E-state index in [1.807, 2.05) is 0 Å². The molecule has 1 amide bonds. The van der Waals surface area contributed by atoms with Crippen molar-refractivity contribution in [3.63, 3.8) is 0 Å². The van der Waals surface area contributed by atoms with Crippen LogP contribution in [0.25, 0.3) is 5.69 Å². The molecular weight excluding hydrogens is 388 g/mol. The number of nitrogens with zero attached hydrogens (tertiary/aromatic N) is 3. The number of anilines is 1. The summed E-state index contributed by atoms with van der Waals surface area (Å²) in [5.41, 5.74) is 1.20. The standard InChI is InChI=1S/C21H18N4O5/c26-20(17-8-11-24(23-17)15-4-3-5-16(13-15)25(27)28)22-14-6-7-18-19(12-14)30-21(29-18)9-1-2-10-21/h3-8,11-13H,1-2,9-10H2,(H,22,26). The summed E-state index contributed by atoms with van der Waals surface area (Å²) in [5.74, 6) is 0.359. The Labute approximate surface area is 171 Å². The zero-order valence-corrected chi connectivity index (χ0v) is 15.9. The smallest absolute Gasteiger partial charge is 0.276 e. The normalized spacial score (nSPS) is 16.0. The Bertz CT molecular complexity index is 1150. The van der Waals surface area contributed by atoms with E-state index in [9.17, 15) is 14.9 Å². The van der Waals surface area contributed by atoms with Crippen LogP contribution < -0.4 is 14.8 Å². The Balaban J connectivity index is 1.31. The minimum Gasteiger partial charge on any atom is -0.448 e. The van der Waals surface area contributed by atoms with Crippen LogP contribution >= 0.6 is 0 Å². The van der Waals surface area contributed by atoms with E-state index >= 15 is 0 Å². The molecule has 1 aliphatic carbocycles. The van der Waals surface area contributed by atoms with Gasteiger partial charge in [-0.15, -0.1) is 0 Å². The first-order valence-corrected chi connectivity index (χ1v) is 9.65. The number of carbonyl (C=O) groups is 1. The number of amides is 1. The molecular formula is C21H18N4O5. The highest BCUT2D eigenvalue weighted by Crippen LogP contribution is 2.47. The van der Waals surface area contributed by atoms with Gasteiger partial charge in [0, 0.05) is 42.9 Å². The molecule has 2 aliphatic rings. The molecule has 0 bridgehead atoms. The Hall–Kier alpha value is -3.88. The van der Waals surface area contributed by atoms with Gasteiger partial charge in [-0.3, -0.25) is 14.9 Å². The highest BCUT2D eigenvalue weighted by Gasteiger charge is 2.44. The van der Waals surface area contributed by atoms with Crippen LogP contribution in [0.15, 0.2) is 54.7 Å². The molecule has 1 saturated carbocycles. The van der Waals surface area contributed by atoms with Crippen LogP contribution in [0.2, 0.25) is 0 Å². The Morgan fingerprint density at radius 3 is 2.70 bits per heavy atom. The van der Waals surface area contributed by atoms with E-state index in [1.54, 1.807) is 42.6 Å². The zero-order chi connectivity index (χ0) is 20.7. The fourth-order valence-electron chi connectivity index (χ4n) is 3.82. The van der Waals surface area contributed by atoms with Crippen LogP contribution in [0.5, 0.6) is 11.5 Å². The SMILES string of the molecule is O=C(Nc1ccc2c(c1)OC1(CCCC1)O2)c1ccn(-c2cccc([N+](=O)[O-])c2)n1. The number of nitro groups is 1. The van der Waals surface area contributed by atoms with E-state index in [4.69, 9.17) is 9.47 Å². The lowest BCUT2D eigenvalue weighted by Crippen LogP contribution is -2.34. The van der Waals surface area contributed by atoms with Gasteiger partial charge in [-0.1, -0.05) is 6.07 Å². The van der Waals surface area contributed by atoms with Gasteiger partial charge in [0.2, 0.25) is 0 Å². The molecule has 9 heteroatoms. The number of ether oxygens (including phenoxy) is 2. The van der Waals surface area contributed by atoms with Crippen LogP contribution in [0.1, 0.15) is 36.2 Å². The van der Waals surface area contributed by atoms with Crippen molar-refractivity contribution in [2.24, 2.45) is 0 Å². The third-order valence-electron chi connectivity index (χ3n) is 5.29. The third-order valence-corrected chi connectivity index (χ3v) is 5.29. The number of nitrogens with one attached hydrogen (secondary N) is 1. The fourth-order valence-corrected chi connectivity index (χ4v) is 3.82.